The molecular formula is C5H9NO2S. The number of esters is 1. The molecule has 0 aromatic carbocycles. The van der Waals surface area contributed by atoms with Crippen LogP contribution in [0.3, 0.4) is 0 Å². The van der Waals surface area contributed by atoms with Crippen molar-refractivity contribution >= 4 is 18.6 Å². The van der Waals surface area contributed by atoms with E-state index in [4.69, 9.17) is 5.26 Å². The number of thiol groups is 1. The molecule has 0 bridgehead atoms. The van der Waals surface area contributed by atoms with Crippen LogP contribution in [0, 0.1) is 10.7 Å². The van der Waals surface area contributed by atoms with E-state index in [1.165, 1.54) is 12.3 Å². The molecule has 0 saturated carbocycles. The zero-order valence-electron chi connectivity index (χ0n) is 5.42. The predicted octanol–water partition coefficient (Wildman–Crippen LogP) is 0.967. The molecule has 3 nitrogen and oxygen atoms in total. The van der Waals surface area contributed by atoms with Crippen molar-refractivity contribution in [3.8, 4) is 5.40 Å². The van der Waals surface area contributed by atoms with Crippen LogP contribution in [0.15, 0.2) is 0 Å². The smallest absolute Gasteiger partial charge is 0.302 e. The lowest BCUT2D eigenvalue weighted by Gasteiger charge is -1.89. The average molecular weight is 147 g/mol. The van der Waals surface area contributed by atoms with E-state index in [1.54, 1.807) is 6.92 Å². The SMILES string of the molecule is CCOC(C)=O.N#CS. The highest BCUT2D eigenvalue weighted by Gasteiger charge is 1.81. The summed E-state index contributed by atoms with van der Waals surface area (Å²) in [6, 6.07) is 0. The maximum absolute atomic E-state index is 9.82. The molecule has 0 heterocycles. The van der Waals surface area contributed by atoms with Crippen LogP contribution >= 0.6 is 12.6 Å². The van der Waals surface area contributed by atoms with Crippen molar-refractivity contribution in [2.24, 2.45) is 0 Å². The molecule has 0 aromatic rings. The molecule has 0 rings (SSSR count). The molecule has 0 radical (unpaired) electrons. The summed E-state index contributed by atoms with van der Waals surface area (Å²) in [5.41, 5.74) is 0. The van der Waals surface area contributed by atoms with Gasteiger partial charge in [0.1, 0.15) is 5.40 Å². The Morgan fingerprint density at radius 1 is 1.89 bits per heavy atom. The van der Waals surface area contributed by atoms with Gasteiger partial charge in [-0.3, -0.25) is 4.79 Å². The molecule has 0 aliphatic rings. The zero-order chi connectivity index (χ0) is 7.70. The molecule has 0 spiro atoms. The molecule has 4 heteroatoms. The van der Waals surface area contributed by atoms with Gasteiger partial charge in [-0.15, -0.1) is 0 Å². The number of nitriles is 1. The first-order chi connectivity index (χ1) is 4.18. The van der Waals surface area contributed by atoms with E-state index in [-0.39, 0.29) is 5.97 Å². The topological polar surface area (TPSA) is 50.1 Å². The van der Waals surface area contributed by atoms with Crippen molar-refractivity contribution in [2.45, 2.75) is 13.8 Å². The van der Waals surface area contributed by atoms with Gasteiger partial charge in [0.05, 0.1) is 6.61 Å². The Bertz CT molecular complexity index is 108. The van der Waals surface area contributed by atoms with E-state index in [1.807, 2.05) is 0 Å². The fourth-order valence-corrected chi connectivity index (χ4v) is 0.203. The van der Waals surface area contributed by atoms with Crippen molar-refractivity contribution in [2.75, 3.05) is 6.61 Å². The first kappa shape index (κ1) is 11.2. The van der Waals surface area contributed by atoms with Crippen LogP contribution in [-0.4, -0.2) is 12.6 Å². The van der Waals surface area contributed by atoms with Crippen LogP contribution in [0.5, 0.6) is 0 Å². The number of carbonyl (C=O) groups excluding carboxylic acids is 1. The third kappa shape index (κ3) is 38.6. The predicted molar refractivity (Wildman–Crippen MR) is 36.9 cm³/mol. The van der Waals surface area contributed by atoms with E-state index in [0.29, 0.717) is 6.61 Å². The van der Waals surface area contributed by atoms with Gasteiger partial charge in [0.2, 0.25) is 0 Å². The van der Waals surface area contributed by atoms with Crippen molar-refractivity contribution in [3.63, 3.8) is 0 Å². The summed E-state index contributed by atoms with van der Waals surface area (Å²) in [5.74, 6) is -0.211. The number of ether oxygens (including phenoxy) is 1. The zero-order valence-corrected chi connectivity index (χ0v) is 6.31. The summed E-state index contributed by atoms with van der Waals surface area (Å²) in [4.78, 5) is 9.82. The summed E-state index contributed by atoms with van der Waals surface area (Å²) >= 11 is 3.09. The molecule has 0 unspecified atom stereocenters. The van der Waals surface area contributed by atoms with Gasteiger partial charge in [0, 0.05) is 6.92 Å². The minimum atomic E-state index is -0.211. The normalized spacial score (nSPS) is 6.00. The number of carbonyl (C=O) groups is 1. The Kier molecular flexibility index (Phi) is 12.8. The van der Waals surface area contributed by atoms with Gasteiger partial charge in [0.15, 0.2) is 0 Å². The van der Waals surface area contributed by atoms with Gasteiger partial charge < -0.3 is 4.74 Å². The van der Waals surface area contributed by atoms with Gasteiger partial charge in [-0.1, -0.05) is 12.6 Å². The standard InChI is InChI=1S/C4H8O2.CHNS/c1-3-6-4(2)5;2-1-3/h3H2,1-2H3;3H. The summed E-state index contributed by atoms with van der Waals surface area (Å²) in [7, 11) is 0. The number of thiocyanates is 1. The second-order valence-electron chi connectivity index (χ2n) is 1.02. The molecule has 0 fully saturated rings. The molecule has 0 N–H and O–H groups in total. The van der Waals surface area contributed by atoms with Crippen molar-refractivity contribution in [1.82, 2.24) is 0 Å². The van der Waals surface area contributed by atoms with Crippen LogP contribution in [0.2, 0.25) is 0 Å². The van der Waals surface area contributed by atoms with E-state index < -0.39 is 0 Å². The molecular weight excluding hydrogens is 138 g/mol. The second-order valence-corrected chi connectivity index (χ2v) is 1.22. The Morgan fingerprint density at radius 2 is 2.22 bits per heavy atom. The molecule has 0 saturated heterocycles. The van der Waals surface area contributed by atoms with Crippen molar-refractivity contribution in [3.05, 3.63) is 0 Å². The van der Waals surface area contributed by atoms with Gasteiger partial charge in [-0.05, 0) is 6.92 Å². The molecule has 0 aliphatic carbocycles. The molecule has 0 aliphatic heterocycles. The fourth-order valence-electron chi connectivity index (χ4n) is 0.203. The van der Waals surface area contributed by atoms with Crippen molar-refractivity contribution < 1.29 is 9.53 Å². The van der Waals surface area contributed by atoms with E-state index in [9.17, 15) is 4.79 Å². The number of hydrogen-bond acceptors (Lipinski definition) is 4. The van der Waals surface area contributed by atoms with Crippen LogP contribution in [-0.2, 0) is 9.53 Å². The monoisotopic (exact) mass is 147 g/mol. The van der Waals surface area contributed by atoms with Gasteiger partial charge in [-0.2, -0.15) is 5.26 Å². The van der Waals surface area contributed by atoms with Gasteiger partial charge in [0.25, 0.3) is 0 Å². The van der Waals surface area contributed by atoms with Gasteiger partial charge in [-0.25, -0.2) is 0 Å². The Labute approximate surface area is 60.0 Å². The minimum Gasteiger partial charge on any atom is -0.466 e. The fraction of sp³-hybridized carbons (Fsp3) is 0.600. The highest BCUT2D eigenvalue weighted by atomic mass is 32.1. The highest BCUT2D eigenvalue weighted by molar-refractivity contribution is 7.85. The molecule has 0 amide bonds. The second kappa shape index (κ2) is 10.3. The van der Waals surface area contributed by atoms with E-state index in [0.717, 1.165) is 0 Å². The highest BCUT2D eigenvalue weighted by Crippen LogP contribution is 1.69. The summed E-state index contributed by atoms with van der Waals surface area (Å²) in [5, 5.41) is 8.63. The molecule has 0 aromatic heterocycles. The summed E-state index contributed by atoms with van der Waals surface area (Å²) in [6.07, 6.45) is 0. The number of rotatable bonds is 1. The number of nitrogens with zero attached hydrogens (tertiary/aromatic N) is 1. The first-order valence-corrected chi connectivity index (χ1v) is 2.80. The van der Waals surface area contributed by atoms with Crippen LogP contribution in [0.1, 0.15) is 13.8 Å². The average Bonchev–Trinajstić information content (AvgIpc) is 1.67. The summed E-state index contributed by atoms with van der Waals surface area (Å²) in [6.45, 7) is 3.65. The maximum atomic E-state index is 9.82. The minimum absolute atomic E-state index is 0.211. The van der Waals surface area contributed by atoms with Gasteiger partial charge >= 0.3 is 5.97 Å². The van der Waals surface area contributed by atoms with Crippen molar-refractivity contribution in [1.29, 1.82) is 5.26 Å². The summed E-state index contributed by atoms with van der Waals surface area (Å²) < 4.78 is 4.40. The van der Waals surface area contributed by atoms with Crippen LogP contribution < -0.4 is 0 Å². The Balaban J connectivity index is 0. The largest absolute Gasteiger partial charge is 0.466 e. The Hall–Kier alpha value is -0.690. The van der Waals surface area contributed by atoms with Crippen LogP contribution in [0.4, 0.5) is 0 Å². The third-order valence-electron chi connectivity index (χ3n) is 0.348. The number of hydrogen-bond donors (Lipinski definition) is 1. The molecule has 52 valence electrons. The quantitative estimate of drug-likeness (QED) is 0.341. The Morgan fingerprint density at radius 3 is 2.22 bits per heavy atom. The third-order valence-corrected chi connectivity index (χ3v) is 0.348. The first-order valence-electron chi connectivity index (χ1n) is 2.35. The molecule has 0 atom stereocenters. The van der Waals surface area contributed by atoms with E-state index >= 15 is 0 Å². The lowest BCUT2D eigenvalue weighted by molar-refractivity contribution is -0.140. The lowest BCUT2D eigenvalue weighted by atomic mass is 10.8. The lowest BCUT2D eigenvalue weighted by Crippen LogP contribution is -1.95. The van der Waals surface area contributed by atoms with Crippen LogP contribution in [0.25, 0.3) is 0 Å². The van der Waals surface area contributed by atoms with E-state index in [2.05, 4.69) is 17.4 Å². The maximum Gasteiger partial charge on any atom is 0.302 e. The molecule has 9 heavy (non-hydrogen) atoms.